The van der Waals surface area contributed by atoms with E-state index in [1.165, 1.54) is 38.2 Å². The van der Waals surface area contributed by atoms with Crippen molar-refractivity contribution in [2.75, 3.05) is 13.2 Å². The number of hydrogen-bond donors (Lipinski definition) is 1. The van der Waals surface area contributed by atoms with Crippen molar-refractivity contribution in [3.05, 3.63) is 40.8 Å². The van der Waals surface area contributed by atoms with Crippen molar-refractivity contribution in [3.63, 3.8) is 0 Å². The average molecular weight is 345 g/mol. The molecule has 1 N–H and O–H groups in total. The van der Waals surface area contributed by atoms with Crippen LogP contribution in [0.4, 0.5) is 0 Å². The summed E-state index contributed by atoms with van der Waals surface area (Å²) in [7, 11) is 0. The number of hydrogen-bond acceptors (Lipinski definition) is 4. The Hall–Kier alpha value is -2.30. The third kappa shape index (κ3) is 6.99. The summed E-state index contributed by atoms with van der Waals surface area (Å²) < 4.78 is 10.6. The minimum Gasteiger partial charge on any atom is -0.484 e. The summed E-state index contributed by atoms with van der Waals surface area (Å²) in [5, 5.41) is 3.68. The van der Waals surface area contributed by atoms with E-state index in [-0.39, 0.29) is 12.5 Å². The second kappa shape index (κ2) is 10.5. The second-order valence-electron chi connectivity index (χ2n) is 6.21. The van der Waals surface area contributed by atoms with Crippen molar-refractivity contribution in [1.29, 1.82) is 0 Å². The molecule has 136 valence electrons. The fourth-order valence-corrected chi connectivity index (χ4v) is 2.64. The van der Waals surface area contributed by atoms with Crippen molar-refractivity contribution in [1.82, 2.24) is 5.32 Å². The largest absolute Gasteiger partial charge is 0.484 e. The summed E-state index contributed by atoms with van der Waals surface area (Å²) in [5.74, 6) is 0.369. The number of amides is 1. The van der Waals surface area contributed by atoms with Gasteiger partial charge in [-0.05, 0) is 24.6 Å². The van der Waals surface area contributed by atoms with Crippen LogP contribution in [0.15, 0.2) is 39.5 Å². The molecule has 1 aromatic carbocycles. The molecule has 1 heterocycles. The highest BCUT2D eigenvalue weighted by Crippen LogP contribution is 2.19. The monoisotopic (exact) mass is 345 g/mol. The number of carbonyl (C=O) groups excluding carboxylic acids is 1. The van der Waals surface area contributed by atoms with Crippen molar-refractivity contribution < 1.29 is 13.9 Å². The minimum absolute atomic E-state index is 0.0426. The highest BCUT2D eigenvalue weighted by atomic mass is 16.5. The molecule has 5 heteroatoms. The van der Waals surface area contributed by atoms with Crippen LogP contribution in [0.5, 0.6) is 5.75 Å². The zero-order valence-corrected chi connectivity index (χ0v) is 14.9. The third-order valence-electron chi connectivity index (χ3n) is 4.07. The van der Waals surface area contributed by atoms with Crippen LogP contribution in [0.25, 0.3) is 11.0 Å². The van der Waals surface area contributed by atoms with E-state index in [2.05, 4.69) is 12.2 Å². The Bertz CT molecular complexity index is 723. The van der Waals surface area contributed by atoms with Gasteiger partial charge in [0, 0.05) is 24.1 Å². The smallest absolute Gasteiger partial charge is 0.336 e. The molecule has 0 spiro atoms. The van der Waals surface area contributed by atoms with Gasteiger partial charge >= 0.3 is 5.63 Å². The van der Waals surface area contributed by atoms with Gasteiger partial charge < -0.3 is 14.5 Å². The normalized spacial score (nSPS) is 10.8. The summed E-state index contributed by atoms with van der Waals surface area (Å²) >= 11 is 0. The molecule has 0 saturated carbocycles. The van der Waals surface area contributed by atoms with Crippen molar-refractivity contribution >= 4 is 16.9 Å². The van der Waals surface area contributed by atoms with Gasteiger partial charge in [-0.25, -0.2) is 4.79 Å². The molecule has 25 heavy (non-hydrogen) atoms. The van der Waals surface area contributed by atoms with E-state index in [0.717, 1.165) is 18.2 Å². The van der Waals surface area contributed by atoms with Gasteiger partial charge in [-0.15, -0.1) is 0 Å². The Morgan fingerprint density at radius 2 is 1.76 bits per heavy atom. The van der Waals surface area contributed by atoms with Crippen LogP contribution in [0, 0.1) is 0 Å². The summed E-state index contributed by atoms with van der Waals surface area (Å²) in [6.45, 7) is 2.85. The second-order valence-corrected chi connectivity index (χ2v) is 6.21. The molecule has 1 amide bonds. The first-order chi connectivity index (χ1) is 12.2. The third-order valence-corrected chi connectivity index (χ3v) is 4.07. The van der Waals surface area contributed by atoms with E-state index in [4.69, 9.17) is 9.15 Å². The summed E-state index contributed by atoms with van der Waals surface area (Å²) in [4.78, 5) is 23.0. The fourth-order valence-electron chi connectivity index (χ4n) is 2.64. The highest BCUT2D eigenvalue weighted by molar-refractivity contribution is 5.79. The van der Waals surface area contributed by atoms with E-state index in [1.807, 2.05) is 0 Å². The van der Waals surface area contributed by atoms with Gasteiger partial charge in [-0.1, -0.05) is 45.4 Å². The lowest BCUT2D eigenvalue weighted by Gasteiger charge is -2.08. The SMILES string of the molecule is CCCCCCCCCNC(=O)COc1ccc2ccc(=O)oc2c1. The first-order valence-electron chi connectivity index (χ1n) is 9.12. The molecular weight excluding hydrogens is 318 g/mol. The number of rotatable bonds is 11. The Balaban J connectivity index is 1.64. The van der Waals surface area contributed by atoms with Crippen LogP contribution in [-0.4, -0.2) is 19.1 Å². The van der Waals surface area contributed by atoms with Crippen LogP contribution in [0.2, 0.25) is 0 Å². The lowest BCUT2D eigenvalue weighted by Crippen LogP contribution is -2.29. The number of nitrogens with one attached hydrogen (secondary N) is 1. The number of fused-ring (bicyclic) bond motifs is 1. The van der Waals surface area contributed by atoms with Gasteiger partial charge in [0.15, 0.2) is 6.61 Å². The summed E-state index contributed by atoms with van der Waals surface area (Å²) in [6.07, 6.45) is 8.54. The Morgan fingerprint density at radius 3 is 2.56 bits per heavy atom. The maximum atomic E-state index is 11.8. The van der Waals surface area contributed by atoms with Crippen molar-refractivity contribution in [3.8, 4) is 5.75 Å². The van der Waals surface area contributed by atoms with E-state index >= 15 is 0 Å². The summed E-state index contributed by atoms with van der Waals surface area (Å²) in [6, 6.07) is 8.25. The van der Waals surface area contributed by atoms with Crippen LogP contribution in [0.3, 0.4) is 0 Å². The average Bonchev–Trinajstić information content (AvgIpc) is 2.61. The van der Waals surface area contributed by atoms with Gasteiger partial charge in [0.05, 0.1) is 0 Å². The molecule has 0 saturated heterocycles. The molecule has 2 aromatic rings. The maximum absolute atomic E-state index is 11.8. The molecule has 1 aromatic heterocycles. The fraction of sp³-hybridized carbons (Fsp3) is 0.500. The number of carbonyl (C=O) groups is 1. The predicted molar refractivity (Wildman–Crippen MR) is 99.0 cm³/mol. The minimum atomic E-state index is -0.405. The number of ether oxygens (including phenoxy) is 1. The Labute approximate surface area is 148 Å². The first-order valence-corrected chi connectivity index (χ1v) is 9.12. The molecule has 0 fully saturated rings. The zero-order valence-electron chi connectivity index (χ0n) is 14.9. The molecule has 0 atom stereocenters. The molecule has 5 nitrogen and oxygen atoms in total. The molecule has 0 aliphatic rings. The van der Waals surface area contributed by atoms with Gasteiger partial charge in [0.25, 0.3) is 5.91 Å². The molecular formula is C20H27NO4. The molecule has 0 bridgehead atoms. The van der Waals surface area contributed by atoms with E-state index < -0.39 is 5.63 Å². The Morgan fingerprint density at radius 1 is 1.04 bits per heavy atom. The lowest BCUT2D eigenvalue weighted by molar-refractivity contribution is -0.123. The molecule has 2 rings (SSSR count). The van der Waals surface area contributed by atoms with Crippen LogP contribution in [0.1, 0.15) is 51.9 Å². The van der Waals surface area contributed by atoms with Crippen LogP contribution < -0.4 is 15.7 Å². The van der Waals surface area contributed by atoms with E-state index in [9.17, 15) is 9.59 Å². The first kappa shape index (κ1) is 19.0. The van der Waals surface area contributed by atoms with Crippen molar-refractivity contribution in [2.45, 2.75) is 51.9 Å². The number of benzene rings is 1. The van der Waals surface area contributed by atoms with Gasteiger partial charge in [-0.2, -0.15) is 0 Å². The highest BCUT2D eigenvalue weighted by Gasteiger charge is 2.04. The molecule has 0 aliphatic carbocycles. The van der Waals surface area contributed by atoms with Crippen LogP contribution in [-0.2, 0) is 4.79 Å². The quantitative estimate of drug-likeness (QED) is 0.493. The molecule has 0 unspecified atom stereocenters. The van der Waals surface area contributed by atoms with Crippen LogP contribution >= 0.6 is 0 Å². The van der Waals surface area contributed by atoms with Crippen molar-refractivity contribution in [2.24, 2.45) is 0 Å². The van der Waals surface area contributed by atoms with E-state index in [1.54, 1.807) is 24.3 Å². The van der Waals surface area contributed by atoms with Gasteiger partial charge in [-0.3, -0.25) is 4.79 Å². The lowest BCUT2D eigenvalue weighted by atomic mass is 10.1. The number of unbranched alkanes of at least 4 members (excludes halogenated alkanes) is 6. The molecule has 0 aliphatic heterocycles. The van der Waals surface area contributed by atoms with Gasteiger partial charge in [0.2, 0.25) is 0 Å². The predicted octanol–water partition coefficient (Wildman–Crippen LogP) is 4.04. The Kier molecular flexibility index (Phi) is 8.02. The summed E-state index contributed by atoms with van der Waals surface area (Å²) in [5.41, 5.74) is 0.0468. The van der Waals surface area contributed by atoms with Gasteiger partial charge in [0.1, 0.15) is 11.3 Å². The van der Waals surface area contributed by atoms with E-state index in [0.29, 0.717) is 17.9 Å². The zero-order chi connectivity index (χ0) is 17.9. The molecule has 0 radical (unpaired) electrons. The standard InChI is InChI=1S/C20H27NO4/c1-2-3-4-5-6-7-8-13-21-19(22)15-24-17-11-9-16-10-12-20(23)25-18(16)14-17/h9-12,14H,2-8,13,15H2,1H3,(H,21,22). The maximum Gasteiger partial charge on any atom is 0.336 e. The topological polar surface area (TPSA) is 68.5 Å².